The maximum Gasteiger partial charge on any atom is 0.249 e. The Balaban J connectivity index is 2.43. The van der Waals surface area contributed by atoms with Crippen molar-refractivity contribution in [2.75, 3.05) is 0 Å². The van der Waals surface area contributed by atoms with Crippen molar-refractivity contribution < 1.29 is 4.79 Å². The summed E-state index contributed by atoms with van der Waals surface area (Å²) in [5.74, 6) is -0.394. The third kappa shape index (κ3) is 1.42. The molecular weight excluding hydrogens is 198 g/mol. The fourth-order valence-corrected chi connectivity index (χ4v) is 2.17. The van der Waals surface area contributed by atoms with Crippen LogP contribution in [0.4, 0.5) is 0 Å². The Bertz CT molecular complexity index is 472. The minimum Gasteiger partial charge on any atom is -0.366 e. The molecule has 1 amide bonds. The first-order chi connectivity index (χ1) is 6.68. The number of amides is 1. The van der Waals surface area contributed by atoms with Crippen molar-refractivity contribution in [2.45, 2.75) is 0 Å². The number of carbonyl (C=O) groups is 1. The van der Waals surface area contributed by atoms with E-state index in [0.717, 1.165) is 10.6 Å². The lowest BCUT2D eigenvalue weighted by Gasteiger charge is -1.95. The Kier molecular flexibility index (Phi) is 2.09. The number of aryl methyl sites for hydroxylation is 1. The Morgan fingerprint density at radius 3 is 2.93 bits per heavy atom. The maximum absolute atomic E-state index is 10.9. The first kappa shape index (κ1) is 8.96. The van der Waals surface area contributed by atoms with Crippen LogP contribution in [0.2, 0.25) is 0 Å². The van der Waals surface area contributed by atoms with E-state index in [-0.39, 0.29) is 0 Å². The summed E-state index contributed by atoms with van der Waals surface area (Å²) >= 11 is 1.49. The topological polar surface area (TPSA) is 60.9 Å². The van der Waals surface area contributed by atoms with Gasteiger partial charge >= 0.3 is 0 Å². The molecule has 0 aliphatic heterocycles. The second kappa shape index (κ2) is 3.26. The predicted octanol–water partition coefficient (Wildman–Crippen LogP) is 1.25. The van der Waals surface area contributed by atoms with Gasteiger partial charge in [0.2, 0.25) is 5.91 Å². The van der Waals surface area contributed by atoms with Crippen molar-refractivity contribution >= 4 is 17.2 Å². The van der Waals surface area contributed by atoms with Gasteiger partial charge in [0, 0.05) is 18.6 Å². The Labute approximate surface area is 85.0 Å². The van der Waals surface area contributed by atoms with Gasteiger partial charge in [0.15, 0.2) is 0 Å². The number of nitrogens with zero attached hydrogens (tertiary/aromatic N) is 2. The standard InChI is InChI=1S/C9H9N3OS/c1-12-7(2-3-11-12)8-4-6(5-14-8)9(10)13/h2-5H,1H3,(H2,10,13). The van der Waals surface area contributed by atoms with Crippen LogP contribution in [-0.4, -0.2) is 15.7 Å². The van der Waals surface area contributed by atoms with E-state index in [1.54, 1.807) is 22.3 Å². The highest BCUT2D eigenvalue weighted by Crippen LogP contribution is 2.26. The average molecular weight is 207 g/mol. The van der Waals surface area contributed by atoms with Gasteiger partial charge in [0.05, 0.1) is 16.1 Å². The largest absolute Gasteiger partial charge is 0.366 e. The third-order valence-corrected chi connectivity index (χ3v) is 2.91. The molecule has 4 nitrogen and oxygen atoms in total. The number of primary amides is 1. The molecule has 0 aliphatic carbocycles. The third-order valence-electron chi connectivity index (χ3n) is 1.96. The molecule has 14 heavy (non-hydrogen) atoms. The van der Waals surface area contributed by atoms with Crippen molar-refractivity contribution in [2.24, 2.45) is 12.8 Å². The lowest BCUT2D eigenvalue weighted by atomic mass is 10.2. The molecule has 0 unspecified atom stereocenters. The maximum atomic E-state index is 10.9. The van der Waals surface area contributed by atoms with E-state index in [4.69, 9.17) is 5.73 Å². The van der Waals surface area contributed by atoms with E-state index in [1.807, 2.05) is 13.1 Å². The Morgan fingerprint density at radius 1 is 1.64 bits per heavy atom. The summed E-state index contributed by atoms with van der Waals surface area (Å²) in [4.78, 5) is 11.9. The summed E-state index contributed by atoms with van der Waals surface area (Å²) in [6.07, 6.45) is 1.72. The fraction of sp³-hybridized carbons (Fsp3) is 0.111. The van der Waals surface area contributed by atoms with Crippen LogP contribution >= 0.6 is 11.3 Å². The number of thiophene rings is 1. The van der Waals surface area contributed by atoms with Crippen LogP contribution in [0.1, 0.15) is 10.4 Å². The van der Waals surface area contributed by atoms with Gasteiger partial charge in [-0.3, -0.25) is 9.48 Å². The normalized spacial score (nSPS) is 10.4. The zero-order chi connectivity index (χ0) is 10.1. The average Bonchev–Trinajstić information content (AvgIpc) is 2.71. The first-order valence-electron chi connectivity index (χ1n) is 4.05. The molecular formula is C9H9N3OS. The Hall–Kier alpha value is -1.62. The zero-order valence-corrected chi connectivity index (χ0v) is 8.41. The van der Waals surface area contributed by atoms with Crippen LogP contribution in [-0.2, 0) is 7.05 Å². The number of hydrogen-bond acceptors (Lipinski definition) is 3. The van der Waals surface area contributed by atoms with E-state index < -0.39 is 5.91 Å². The zero-order valence-electron chi connectivity index (χ0n) is 7.60. The summed E-state index contributed by atoms with van der Waals surface area (Å²) < 4.78 is 1.76. The molecule has 0 fully saturated rings. The fourth-order valence-electron chi connectivity index (χ4n) is 1.22. The predicted molar refractivity (Wildman–Crippen MR) is 55.0 cm³/mol. The number of aromatic nitrogens is 2. The molecule has 0 atom stereocenters. The Morgan fingerprint density at radius 2 is 2.43 bits per heavy atom. The van der Waals surface area contributed by atoms with Crippen LogP contribution in [0.15, 0.2) is 23.7 Å². The van der Waals surface area contributed by atoms with Crippen molar-refractivity contribution in [1.29, 1.82) is 0 Å². The number of rotatable bonds is 2. The van der Waals surface area contributed by atoms with Gasteiger partial charge in [0.25, 0.3) is 0 Å². The van der Waals surface area contributed by atoms with Gasteiger partial charge in [-0.15, -0.1) is 11.3 Å². The molecule has 2 aromatic heterocycles. The van der Waals surface area contributed by atoms with Crippen LogP contribution < -0.4 is 5.73 Å². The van der Waals surface area contributed by atoms with Gasteiger partial charge in [-0.25, -0.2) is 0 Å². The highest BCUT2D eigenvalue weighted by Gasteiger charge is 2.08. The van der Waals surface area contributed by atoms with E-state index in [9.17, 15) is 4.79 Å². The van der Waals surface area contributed by atoms with E-state index in [2.05, 4.69) is 5.10 Å². The molecule has 2 aromatic rings. The number of carbonyl (C=O) groups excluding carboxylic acids is 1. The molecule has 72 valence electrons. The molecule has 0 aliphatic rings. The second-order valence-corrected chi connectivity index (χ2v) is 3.82. The molecule has 2 rings (SSSR count). The molecule has 0 saturated heterocycles. The molecule has 2 N–H and O–H groups in total. The number of nitrogens with two attached hydrogens (primary N) is 1. The number of hydrogen-bond donors (Lipinski definition) is 1. The molecule has 0 aromatic carbocycles. The summed E-state index contributed by atoms with van der Waals surface area (Å²) in [5.41, 5.74) is 6.70. The summed E-state index contributed by atoms with van der Waals surface area (Å²) in [6, 6.07) is 3.68. The van der Waals surface area contributed by atoms with Gasteiger partial charge < -0.3 is 5.73 Å². The molecule has 5 heteroatoms. The van der Waals surface area contributed by atoms with Crippen molar-refractivity contribution in [3.05, 3.63) is 29.3 Å². The molecule has 2 heterocycles. The van der Waals surface area contributed by atoms with E-state index in [1.165, 1.54) is 11.3 Å². The SMILES string of the molecule is Cn1nccc1-c1cc(C(N)=O)cs1. The van der Waals surface area contributed by atoms with Gasteiger partial charge in [-0.2, -0.15) is 5.10 Å². The van der Waals surface area contributed by atoms with Crippen molar-refractivity contribution in [3.8, 4) is 10.6 Å². The van der Waals surface area contributed by atoms with Gasteiger partial charge in [0.1, 0.15) is 0 Å². The van der Waals surface area contributed by atoms with Crippen LogP contribution in [0.25, 0.3) is 10.6 Å². The highest BCUT2D eigenvalue weighted by molar-refractivity contribution is 7.13. The summed E-state index contributed by atoms with van der Waals surface area (Å²) in [5, 5.41) is 5.81. The molecule has 0 spiro atoms. The smallest absolute Gasteiger partial charge is 0.249 e. The lowest BCUT2D eigenvalue weighted by Crippen LogP contribution is -2.09. The van der Waals surface area contributed by atoms with Crippen molar-refractivity contribution in [1.82, 2.24) is 9.78 Å². The molecule has 0 saturated carbocycles. The monoisotopic (exact) mass is 207 g/mol. The van der Waals surface area contributed by atoms with Gasteiger partial charge in [-0.05, 0) is 12.1 Å². The second-order valence-electron chi connectivity index (χ2n) is 2.90. The minimum atomic E-state index is -0.394. The van der Waals surface area contributed by atoms with Crippen LogP contribution in [0.5, 0.6) is 0 Å². The summed E-state index contributed by atoms with van der Waals surface area (Å²) in [7, 11) is 1.86. The van der Waals surface area contributed by atoms with Crippen LogP contribution in [0.3, 0.4) is 0 Å². The van der Waals surface area contributed by atoms with E-state index in [0.29, 0.717) is 5.56 Å². The van der Waals surface area contributed by atoms with Crippen LogP contribution in [0, 0.1) is 0 Å². The molecule has 0 radical (unpaired) electrons. The summed E-state index contributed by atoms with van der Waals surface area (Å²) in [6.45, 7) is 0. The highest BCUT2D eigenvalue weighted by atomic mass is 32.1. The van der Waals surface area contributed by atoms with Crippen molar-refractivity contribution in [3.63, 3.8) is 0 Å². The van der Waals surface area contributed by atoms with E-state index >= 15 is 0 Å². The minimum absolute atomic E-state index is 0.394. The first-order valence-corrected chi connectivity index (χ1v) is 4.93. The molecule has 0 bridgehead atoms. The lowest BCUT2D eigenvalue weighted by molar-refractivity contribution is 0.100. The van der Waals surface area contributed by atoms with Gasteiger partial charge in [-0.1, -0.05) is 0 Å². The quantitative estimate of drug-likeness (QED) is 0.805.